The van der Waals surface area contributed by atoms with Gasteiger partial charge in [0.1, 0.15) is 5.69 Å². The predicted octanol–water partition coefficient (Wildman–Crippen LogP) is 4.23. The monoisotopic (exact) mass is 293 g/mol. The van der Waals surface area contributed by atoms with E-state index in [-0.39, 0.29) is 0 Å². The normalized spacial score (nSPS) is 10.8. The first-order valence-electron chi connectivity index (χ1n) is 5.50. The number of halogens is 2. The molecule has 0 unspecified atom stereocenters. The van der Waals surface area contributed by atoms with E-state index in [1.165, 1.54) is 0 Å². The Labute approximate surface area is 119 Å². The topological polar surface area (TPSA) is 67.8 Å². The number of aromatic amines is 1. The molecule has 3 N–H and O–H groups in total. The Balaban J connectivity index is 2.16. The third-order valence-electron chi connectivity index (χ3n) is 2.75. The van der Waals surface area contributed by atoms with Crippen molar-refractivity contribution in [3.05, 3.63) is 46.6 Å². The Hall–Kier alpha value is -1.91. The second-order valence-corrected chi connectivity index (χ2v) is 4.78. The van der Waals surface area contributed by atoms with Gasteiger partial charge >= 0.3 is 0 Å². The number of nitrogens with zero attached hydrogens (tertiary/aromatic N) is 1. The molecule has 0 aliphatic rings. The van der Waals surface area contributed by atoms with Gasteiger partial charge in [-0.2, -0.15) is 5.10 Å². The lowest BCUT2D eigenvalue weighted by atomic mass is 10.0. The van der Waals surface area contributed by atoms with Crippen LogP contribution in [0.3, 0.4) is 0 Å². The molecule has 3 aromatic rings. The van der Waals surface area contributed by atoms with Crippen LogP contribution in [0.2, 0.25) is 10.2 Å². The van der Waals surface area contributed by atoms with Crippen molar-refractivity contribution in [2.24, 2.45) is 0 Å². The summed E-state index contributed by atoms with van der Waals surface area (Å²) >= 11 is 11.7. The second-order valence-electron chi connectivity index (χ2n) is 3.97. The third-order valence-corrected chi connectivity index (χ3v) is 3.20. The van der Waals surface area contributed by atoms with Crippen molar-refractivity contribution in [2.75, 3.05) is 5.73 Å². The minimum atomic E-state index is 0.310. The number of nitrogen functional groups attached to an aromatic ring is 1. The van der Waals surface area contributed by atoms with Gasteiger partial charge in [0, 0.05) is 5.02 Å². The molecule has 0 fully saturated rings. The van der Waals surface area contributed by atoms with Crippen molar-refractivity contribution in [3.63, 3.8) is 0 Å². The molecule has 1 aromatic carbocycles. The van der Waals surface area contributed by atoms with E-state index < -0.39 is 0 Å². The number of aromatic nitrogens is 2. The van der Waals surface area contributed by atoms with E-state index in [1.54, 1.807) is 24.3 Å². The van der Waals surface area contributed by atoms with Gasteiger partial charge in [0.2, 0.25) is 0 Å². The Kier molecular flexibility index (Phi) is 2.97. The zero-order valence-corrected chi connectivity index (χ0v) is 11.2. The third kappa shape index (κ3) is 2.20. The van der Waals surface area contributed by atoms with Crippen LogP contribution in [0.15, 0.2) is 40.8 Å². The standard InChI is InChI=1S/C13H9Cl2N3O/c14-8-3-1-7(2-4-8)11-12(17-18-13(11)16)9-5-6-10(15)19-9/h1-6H,(H3,16,17,18). The number of nitrogens with two attached hydrogens (primary N) is 1. The van der Waals surface area contributed by atoms with Gasteiger partial charge in [0.15, 0.2) is 16.8 Å². The first-order chi connectivity index (χ1) is 9.15. The predicted molar refractivity (Wildman–Crippen MR) is 76.2 cm³/mol. The van der Waals surface area contributed by atoms with E-state index in [9.17, 15) is 0 Å². The SMILES string of the molecule is Nc1n[nH]c(-c2ccc(Cl)o2)c1-c1ccc(Cl)cc1. The van der Waals surface area contributed by atoms with Crippen molar-refractivity contribution >= 4 is 29.0 Å². The number of anilines is 1. The molecule has 0 spiro atoms. The number of hydrogen-bond donors (Lipinski definition) is 2. The summed E-state index contributed by atoms with van der Waals surface area (Å²) in [6.45, 7) is 0. The van der Waals surface area contributed by atoms with Crippen LogP contribution in [0.4, 0.5) is 5.82 Å². The summed E-state index contributed by atoms with van der Waals surface area (Å²) in [5, 5.41) is 7.85. The fourth-order valence-electron chi connectivity index (χ4n) is 1.89. The highest BCUT2D eigenvalue weighted by Gasteiger charge is 2.17. The summed E-state index contributed by atoms with van der Waals surface area (Å²) in [6.07, 6.45) is 0. The summed E-state index contributed by atoms with van der Waals surface area (Å²) in [5.74, 6) is 0.976. The van der Waals surface area contributed by atoms with Gasteiger partial charge in [-0.15, -0.1) is 0 Å². The Morgan fingerprint density at radius 3 is 2.42 bits per heavy atom. The minimum Gasteiger partial charge on any atom is -0.443 e. The van der Waals surface area contributed by atoms with Crippen molar-refractivity contribution < 1.29 is 4.42 Å². The molecule has 3 rings (SSSR count). The van der Waals surface area contributed by atoms with E-state index in [0.29, 0.717) is 27.5 Å². The molecule has 0 atom stereocenters. The van der Waals surface area contributed by atoms with Gasteiger partial charge in [-0.05, 0) is 41.4 Å². The molecule has 0 amide bonds. The van der Waals surface area contributed by atoms with Crippen LogP contribution in [-0.2, 0) is 0 Å². The largest absolute Gasteiger partial charge is 0.443 e. The summed E-state index contributed by atoms with van der Waals surface area (Å²) in [6, 6.07) is 10.8. The number of hydrogen-bond acceptors (Lipinski definition) is 3. The van der Waals surface area contributed by atoms with Gasteiger partial charge in [0.25, 0.3) is 0 Å². The average Bonchev–Trinajstić information content (AvgIpc) is 2.97. The molecule has 0 bridgehead atoms. The molecule has 96 valence electrons. The highest BCUT2D eigenvalue weighted by molar-refractivity contribution is 6.30. The van der Waals surface area contributed by atoms with Crippen LogP contribution >= 0.6 is 23.2 Å². The summed E-state index contributed by atoms with van der Waals surface area (Å²) in [4.78, 5) is 0. The van der Waals surface area contributed by atoms with Gasteiger partial charge < -0.3 is 10.2 Å². The van der Waals surface area contributed by atoms with E-state index in [4.69, 9.17) is 33.4 Å². The average molecular weight is 294 g/mol. The fraction of sp³-hybridized carbons (Fsp3) is 0. The number of benzene rings is 1. The molecule has 4 nitrogen and oxygen atoms in total. The number of furan rings is 1. The van der Waals surface area contributed by atoms with Crippen molar-refractivity contribution in [3.8, 4) is 22.6 Å². The molecule has 0 aliphatic carbocycles. The van der Waals surface area contributed by atoms with Gasteiger partial charge in [-0.3, -0.25) is 5.10 Å². The first kappa shape index (κ1) is 12.1. The van der Waals surface area contributed by atoms with E-state index in [2.05, 4.69) is 10.2 Å². The summed E-state index contributed by atoms with van der Waals surface area (Å²) in [7, 11) is 0. The molecule has 6 heteroatoms. The summed E-state index contributed by atoms with van der Waals surface area (Å²) in [5.41, 5.74) is 8.26. The molecule has 2 heterocycles. The van der Waals surface area contributed by atoms with Crippen molar-refractivity contribution in [1.29, 1.82) is 0 Å². The lowest BCUT2D eigenvalue weighted by Gasteiger charge is -2.02. The lowest BCUT2D eigenvalue weighted by Crippen LogP contribution is -1.88. The molecule has 2 aromatic heterocycles. The van der Waals surface area contributed by atoms with Gasteiger partial charge in [-0.1, -0.05) is 23.7 Å². The van der Waals surface area contributed by atoms with Crippen molar-refractivity contribution in [2.45, 2.75) is 0 Å². The van der Waals surface area contributed by atoms with E-state index in [0.717, 1.165) is 11.1 Å². The first-order valence-corrected chi connectivity index (χ1v) is 6.26. The molecule has 0 radical (unpaired) electrons. The van der Waals surface area contributed by atoms with Crippen LogP contribution in [0, 0.1) is 0 Å². The molecule has 0 aliphatic heterocycles. The number of rotatable bonds is 2. The number of nitrogens with one attached hydrogen (secondary N) is 1. The van der Waals surface area contributed by atoms with E-state index in [1.807, 2.05) is 12.1 Å². The zero-order valence-electron chi connectivity index (χ0n) is 9.65. The molecule has 0 saturated heterocycles. The molecular formula is C13H9Cl2N3O. The quantitative estimate of drug-likeness (QED) is 0.743. The zero-order chi connectivity index (χ0) is 13.4. The fourth-order valence-corrected chi connectivity index (χ4v) is 2.16. The van der Waals surface area contributed by atoms with Crippen LogP contribution in [0.25, 0.3) is 22.6 Å². The van der Waals surface area contributed by atoms with E-state index >= 15 is 0 Å². The Morgan fingerprint density at radius 1 is 1.05 bits per heavy atom. The van der Waals surface area contributed by atoms with Crippen molar-refractivity contribution in [1.82, 2.24) is 10.2 Å². The molecular weight excluding hydrogens is 285 g/mol. The van der Waals surface area contributed by atoms with Crippen LogP contribution in [0.1, 0.15) is 0 Å². The Morgan fingerprint density at radius 2 is 1.79 bits per heavy atom. The molecule has 0 saturated carbocycles. The second kappa shape index (κ2) is 4.64. The van der Waals surface area contributed by atoms with Crippen LogP contribution in [-0.4, -0.2) is 10.2 Å². The molecule has 19 heavy (non-hydrogen) atoms. The summed E-state index contributed by atoms with van der Waals surface area (Å²) < 4.78 is 5.38. The number of H-pyrrole nitrogens is 1. The smallest absolute Gasteiger partial charge is 0.194 e. The highest BCUT2D eigenvalue weighted by Crippen LogP contribution is 2.36. The van der Waals surface area contributed by atoms with Crippen LogP contribution in [0.5, 0.6) is 0 Å². The van der Waals surface area contributed by atoms with Crippen LogP contribution < -0.4 is 5.73 Å². The maximum absolute atomic E-state index is 5.91. The minimum absolute atomic E-state index is 0.310. The highest BCUT2D eigenvalue weighted by atomic mass is 35.5. The Bertz CT molecular complexity index is 716. The maximum Gasteiger partial charge on any atom is 0.194 e. The lowest BCUT2D eigenvalue weighted by molar-refractivity contribution is 0.582. The van der Waals surface area contributed by atoms with Gasteiger partial charge in [-0.25, -0.2) is 0 Å². The van der Waals surface area contributed by atoms with Gasteiger partial charge in [0.05, 0.1) is 5.56 Å². The maximum atomic E-state index is 5.91.